The van der Waals surface area contributed by atoms with Crippen LogP contribution in [-0.4, -0.2) is 4.57 Å². The molecule has 1 heterocycles. The van der Waals surface area contributed by atoms with Gasteiger partial charge in [-0.15, -0.1) is 0 Å². The maximum Gasteiger partial charge on any atom is 0.0488 e. The van der Waals surface area contributed by atoms with Crippen LogP contribution in [0.1, 0.15) is 25.5 Å². The zero-order chi connectivity index (χ0) is 14.1. The molecular weight excluding hydrogens is 244 g/mol. The van der Waals surface area contributed by atoms with Crippen LogP contribution in [0.5, 0.6) is 0 Å². The maximum atomic E-state index is 5.75. The Labute approximate surface area is 119 Å². The molecule has 0 unspecified atom stereocenters. The number of fused-ring (bicyclic) bond motifs is 1. The summed E-state index contributed by atoms with van der Waals surface area (Å²) in [6.07, 6.45) is 2.17. The maximum absolute atomic E-state index is 5.75. The third-order valence-corrected chi connectivity index (χ3v) is 3.79. The predicted molar refractivity (Wildman–Crippen MR) is 85.7 cm³/mol. The molecule has 2 nitrogen and oxygen atoms in total. The molecule has 3 aromatic rings. The molecule has 0 atom stereocenters. The van der Waals surface area contributed by atoms with Gasteiger partial charge in [0.2, 0.25) is 0 Å². The van der Waals surface area contributed by atoms with Crippen LogP contribution in [0, 0.1) is 0 Å². The largest absolute Gasteiger partial charge is 0.345 e. The highest BCUT2D eigenvalue weighted by molar-refractivity contribution is 5.95. The number of nitrogens with two attached hydrogens (primary N) is 1. The lowest BCUT2D eigenvalue weighted by Crippen LogP contribution is -1.98. The molecule has 0 bridgehead atoms. The van der Waals surface area contributed by atoms with E-state index in [1.165, 1.54) is 27.6 Å². The molecule has 2 aromatic carbocycles. The van der Waals surface area contributed by atoms with Crippen LogP contribution in [0.3, 0.4) is 0 Å². The second-order valence-corrected chi connectivity index (χ2v) is 5.46. The Balaban J connectivity index is 2.21. The molecule has 0 radical (unpaired) electrons. The van der Waals surface area contributed by atoms with E-state index in [0.717, 1.165) is 0 Å². The van der Waals surface area contributed by atoms with Gasteiger partial charge in [-0.3, -0.25) is 0 Å². The van der Waals surface area contributed by atoms with Crippen LogP contribution < -0.4 is 5.73 Å². The summed E-state index contributed by atoms with van der Waals surface area (Å²) in [4.78, 5) is 0. The molecule has 0 aliphatic heterocycles. The molecule has 0 saturated heterocycles. The van der Waals surface area contributed by atoms with E-state index < -0.39 is 0 Å². The van der Waals surface area contributed by atoms with Gasteiger partial charge in [-0.25, -0.2) is 0 Å². The third kappa shape index (κ3) is 2.12. The van der Waals surface area contributed by atoms with E-state index in [2.05, 4.69) is 73.1 Å². The summed E-state index contributed by atoms with van der Waals surface area (Å²) in [5, 5.41) is 1.30. The van der Waals surface area contributed by atoms with Gasteiger partial charge in [0.1, 0.15) is 0 Å². The summed E-state index contributed by atoms with van der Waals surface area (Å²) < 4.78 is 2.31. The molecule has 102 valence electrons. The van der Waals surface area contributed by atoms with Gasteiger partial charge in [-0.2, -0.15) is 0 Å². The number of rotatable bonds is 3. The first-order valence-electron chi connectivity index (χ1n) is 7.09. The van der Waals surface area contributed by atoms with E-state index >= 15 is 0 Å². The van der Waals surface area contributed by atoms with Crippen LogP contribution in [0.4, 0.5) is 0 Å². The SMILES string of the molecule is CC(C)n1ccc2c(-c3cccc(CN)c3)cccc21. The zero-order valence-corrected chi connectivity index (χ0v) is 12.0. The van der Waals surface area contributed by atoms with E-state index in [9.17, 15) is 0 Å². The van der Waals surface area contributed by atoms with Gasteiger partial charge in [0.05, 0.1) is 0 Å². The molecule has 0 saturated carbocycles. The first-order valence-corrected chi connectivity index (χ1v) is 7.09. The molecule has 0 aliphatic rings. The highest BCUT2D eigenvalue weighted by atomic mass is 15.0. The van der Waals surface area contributed by atoms with Crippen molar-refractivity contribution in [3.63, 3.8) is 0 Å². The molecule has 20 heavy (non-hydrogen) atoms. The van der Waals surface area contributed by atoms with E-state index in [4.69, 9.17) is 5.73 Å². The van der Waals surface area contributed by atoms with Crippen molar-refractivity contribution >= 4 is 10.9 Å². The predicted octanol–water partition coefficient (Wildman–Crippen LogP) is 4.35. The first kappa shape index (κ1) is 12.9. The standard InChI is InChI=1S/C18H20N2/c1-13(2)20-10-9-17-16(7-4-8-18(17)20)15-6-3-5-14(11-15)12-19/h3-11,13H,12,19H2,1-2H3. The molecule has 1 aromatic heterocycles. The topological polar surface area (TPSA) is 30.9 Å². The minimum atomic E-state index is 0.470. The van der Waals surface area contributed by atoms with Crippen LogP contribution >= 0.6 is 0 Å². The van der Waals surface area contributed by atoms with Gasteiger partial charge in [0, 0.05) is 29.7 Å². The number of hydrogen-bond acceptors (Lipinski definition) is 1. The van der Waals surface area contributed by atoms with Crippen molar-refractivity contribution in [3.8, 4) is 11.1 Å². The highest BCUT2D eigenvalue weighted by Crippen LogP contribution is 2.31. The summed E-state index contributed by atoms with van der Waals surface area (Å²) in [6, 6.07) is 17.7. The molecular formula is C18H20N2. The third-order valence-electron chi connectivity index (χ3n) is 3.79. The molecule has 0 amide bonds. The average molecular weight is 264 g/mol. The zero-order valence-electron chi connectivity index (χ0n) is 12.0. The Morgan fingerprint density at radius 3 is 2.60 bits per heavy atom. The summed E-state index contributed by atoms with van der Waals surface area (Å²) in [6.45, 7) is 5.00. The van der Waals surface area contributed by atoms with E-state index in [-0.39, 0.29) is 0 Å². The van der Waals surface area contributed by atoms with Gasteiger partial charge in [0.25, 0.3) is 0 Å². The van der Waals surface area contributed by atoms with Crippen molar-refractivity contribution in [2.75, 3.05) is 0 Å². The van der Waals surface area contributed by atoms with Crippen LogP contribution in [-0.2, 0) is 6.54 Å². The molecule has 2 heteroatoms. The Hall–Kier alpha value is -2.06. The summed E-state index contributed by atoms with van der Waals surface area (Å²) in [7, 11) is 0. The number of benzene rings is 2. The Kier molecular flexibility index (Phi) is 3.33. The normalized spacial score (nSPS) is 11.4. The molecule has 0 fully saturated rings. The summed E-state index contributed by atoms with van der Waals surface area (Å²) in [5.74, 6) is 0. The highest BCUT2D eigenvalue weighted by Gasteiger charge is 2.09. The number of aromatic nitrogens is 1. The van der Waals surface area contributed by atoms with Gasteiger partial charge in [-0.1, -0.05) is 30.3 Å². The lowest BCUT2D eigenvalue weighted by atomic mass is 10.00. The van der Waals surface area contributed by atoms with E-state index in [1.54, 1.807) is 0 Å². The second kappa shape index (κ2) is 5.14. The van der Waals surface area contributed by atoms with Crippen molar-refractivity contribution in [2.24, 2.45) is 5.73 Å². The molecule has 3 rings (SSSR count). The first-order chi connectivity index (χ1) is 9.70. The number of nitrogens with zero attached hydrogens (tertiary/aromatic N) is 1. The monoisotopic (exact) mass is 264 g/mol. The summed E-state index contributed by atoms with van der Waals surface area (Å²) >= 11 is 0. The Morgan fingerprint density at radius 1 is 1.05 bits per heavy atom. The molecule has 0 spiro atoms. The lowest BCUT2D eigenvalue weighted by Gasteiger charge is -2.11. The van der Waals surface area contributed by atoms with E-state index in [0.29, 0.717) is 12.6 Å². The smallest absolute Gasteiger partial charge is 0.0488 e. The van der Waals surface area contributed by atoms with Crippen molar-refractivity contribution < 1.29 is 0 Å². The van der Waals surface area contributed by atoms with Crippen molar-refractivity contribution in [3.05, 3.63) is 60.3 Å². The van der Waals surface area contributed by atoms with Crippen LogP contribution in [0.25, 0.3) is 22.0 Å². The van der Waals surface area contributed by atoms with Gasteiger partial charge < -0.3 is 10.3 Å². The fraction of sp³-hybridized carbons (Fsp3) is 0.222. The summed E-state index contributed by atoms with van der Waals surface area (Å²) in [5.41, 5.74) is 10.7. The minimum Gasteiger partial charge on any atom is -0.345 e. The quantitative estimate of drug-likeness (QED) is 0.749. The fourth-order valence-electron chi connectivity index (χ4n) is 2.76. The van der Waals surface area contributed by atoms with Gasteiger partial charge >= 0.3 is 0 Å². The molecule has 0 aliphatic carbocycles. The second-order valence-electron chi connectivity index (χ2n) is 5.46. The Bertz CT molecular complexity index is 738. The van der Waals surface area contributed by atoms with Crippen molar-refractivity contribution in [1.29, 1.82) is 0 Å². The Morgan fingerprint density at radius 2 is 1.85 bits per heavy atom. The van der Waals surface area contributed by atoms with E-state index in [1.807, 2.05) is 0 Å². The van der Waals surface area contributed by atoms with Crippen molar-refractivity contribution in [2.45, 2.75) is 26.4 Å². The van der Waals surface area contributed by atoms with Crippen molar-refractivity contribution in [1.82, 2.24) is 4.57 Å². The van der Waals surface area contributed by atoms with Gasteiger partial charge in [0.15, 0.2) is 0 Å². The van der Waals surface area contributed by atoms with Crippen LogP contribution in [0.15, 0.2) is 54.7 Å². The lowest BCUT2D eigenvalue weighted by molar-refractivity contribution is 0.623. The number of hydrogen-bond donors (Lipinski definition) is 1. The minimum absolute atomic E-state index is 0.470. The average Bonchev–Trinajstić information content (AvgIpc) is 2.91. The fourth-order valence-corrected chi connectivity index (χ4v) is 2.76. The van der Waals surface area contributed by atoms with Crippen LogP contribution in [0.2, 0.25) is 0 Å². The van der Waals surface area contributed by atoms with Gasteiger partial charge in [-0.05, 0) is 48.7 Å². The molecule has 2 N–H and O–H groups in total.